The summed E-state index contributed by atoms with van der Waals surface area (Å²) < 4.78 is 16.0. The smallest absolute Gasteiger partial charge is 0.129 e. The van der Waals surface area contributed by atoms with Gasteiger partial charge in [0.05, 0.1) is 5.56 Å². The lowest BCUT2D eigenvalue weighted by atomic mass is 10.0. The Morgan fingerprint density at radius 1 is 1.14 bits per heavy atom. The van der Waals surface area contributed by atoms with Crippen molar-refractivity contribution in [1.29, 1.82) is 0 Å². The molecule has 21 heavy (non-hydrogen) atoms. The summed E-state index contributed by atoms with van der Waals surface area (Å²) in [7, 11) is 1.78. The maximum absolute atomic E-state index is 13.5. The molecule has 2 aromatic carbocycles. The van der Waals surface area contributed by atoms with Crippen LogP contribution in [-0.4, -0.2) is 9.78 Å². The Kier molecular flexibility index (Phi) is 3.51. The van der Waals surface area contributed by atoms with Crippen molar-refractivity contribution in [1.82, 2.24) is 9.78 Å². The molecule has 0 atom stereocenters. The standard InChI is InChI=1S/C16H13BrFN3/c1-21-16(19)14(12-7-2-3-8-13(12)17)15(20-21)10-5-4-6-11(18)9-10/h2-9H,19H2,1H3. The highest BCUT2D eigenvalue weighted by molar-refractivity contribution is 9.10. The molecule has 3 aromatic rings. The molecule has 1 heterocycles. The van der Waals surface area contributed by atoms with E-state index in [1.807, 2.05) is 30.3 Å². The molecule has 0 amide bonds. The van der Waals surface area contributed by atoms with E-state index in [9.17, 15) is 4.39 Å². The summed E-state index contributed by atoms with van der Waals surface area (Å²) in [5.74, 6) is 0.246. The molecule has 0 saturated heterocycles. The molecular formula is C16H13BrFN3. The van der Waals surface area contributed by atoms with Gasteiger partial charge in [-0.15, -0.1) is 0 Å². The first-order valence-electron chi connectivity index (χ1n) is 6.41. The molecule has 0 saturated carbocycles. The van der Waals surface area contributed by atoms with Gasteiger partial charge < -0.3 is 5.73 Å². The van der Waals surface area contributed by atoms with Crippen molar-refractivity contribution in [2.24, 2.45) is 7.05 Å². The van der Waals surface area contributed by atoms with E-state index in [-0.39, 0.29) is 5.82 Å². The van der Waals surface area contributed by atoms with Crippen molar-refractivity contribution >= 4 is 21.7 Å². The fourth-order valence-corrected chi connectivity index (χ4v) is 2.79. The van der Waals surface area contributed by atoms with Crippen LogP contribution in [0.25, 0.3) is 22.4 Å². The van der Waals surface area contributed by atoms with Crippen LogP contribution in [0.15, 0.2) is 53.0 Å². The Morgan fingerprint density at radius 2 is 1.90 bits per heavy atom. The first-order chi connectivity index (χ1) is 10.1. The molecule has 0 aliphatic rings. The Labute approximate surface area is 130 Å². The van der Waals surface area contributed by atoms with E-state index in [1.165, 1.54) is 12.1 Å². The fourth-order valence-electron chi connectivity index (χ4n) is 2.30. The Balaban J connectivity index is 2.29. The number of benzene rings is 2. The molecule has 0 radical (unpaired) electrons. The third-order valence-electron chi connectivity index (χ3n) is 3.33. The van der Waals surface area contributed by atoms with E-state index >= 15 is 0 Å². The second-order valence-electron chi connectivity index (χ2n) is 4.72. The van der Waals surface area contributed by atoms with Crippen LogP contribution < -0.4 is 5.73 Å². The number of aromatic nitrogens is 2. The second-order valence-corrected chi connectivity index (χ2v) is 5.58. The summed E-state index contributed by atoms with van der Waals surface area (Å²) in [6, 6.07) is 14.1. The summed E-state index contributed by atoms with van der Waals surface area (Å²) in [6.45, 7) is 0. The first-order valence-corrected chi connectivity index (χ1v) is 7.20. The average Bonchev–Trinajstić information content (AvgIpc) is 2.76. The number of hydrogen-bond donors (Lipinski definition) is 1. The molecule has 5 heteroatoms. The molecule has 0 bridgehead atoms. The predicted molar refractivity (Wildman–Crippen MR) is 86.2 cm³/mol. The van der Waals surface area contributed by atoms with Crippen LogP contribution in [0.2, 0.25) is 0 Å². The minimum absolute atomic E-state index is 0.296. The number of halogens is 2. The zero-order chi connectivity index (χ0) is 15.0. The highest BCUT2D eigenvalue weighted by Crippen LogP contribution is 2.39. The highest BCUT2D eigenvalue weighted by Gasteiger charge is 2.19. The maximum Gasteiger partial charge on any atom is 0.129 e. The van der Waals surface area contributed by atoms with Crippen molar-refractivity contribution in [2.45, 2.75) is 0 Å². The molecule has 3 nitrogen and oxygen atoms in total. The van der Waals surface area contributed by atoms with E-state index in [4.69, 9.17) is 5.73 Å². The molecule has 0 aliphatic heterocycles. The summed E-state index contributed by atoms with van der Waals surface area (Å²) in [5.41, 5.74) is 9.27. The van der Waals surface area contributed by atoms with E-state index in [0.29, 0.717) is 17.1 Å². The molecule has 3 rings (SSSR count). The maximum atomic E-state index is 13.5. The van der Waals surface area contributed by atoms with Crippen LogP contribution in [0, 0.1) is 5.82 Å². The van der Waals surface area contributed by atoms with Gasteiger partial charge in [0.25, 0.3) is 0 Å². The minimum Gasteiger partial charge on any atom is -0.383 e. The third kappa shape index (κ3) is 2.45. The van der Waals surface area contributed by atoms with Gasteiger partial charge in [0.15, 0.2) is 0 Å². The number of rotatable bonds is 2. The quantitative estimate of drug-likeness (QED) is 0.754. The monoisotopic (exact) mass is 345 g/mol. The number of nitrogens with two attached hydrogens (primary N) is 1. The van der Waals surface area contributed by atoms with Gasteiger partial charge in [-0.25, -0.2) is 4.39 Å². The van der Waals surface area contributed by atoms with Crippen LogP contribution in [0.1, 0.15) is 0 Å². The van der Waals surface area contributed by atoms with Crippen molar-refractivity contribution < 1.29 is 4.39 Å². The van der Waals surface area contributed by atoms with Crippen molar-refractivity contribution in [3.05, 3.63) is 58.8 Å². The van der Waals surface area contributed by atoms with Crippen LogP contribution in [0.4, 0.5) is 10.2 Å². The summed E-state index contributed by atoms with van der Waals surface area (Å²) >= 11 is 3.53. The Morgan fingerprint density at radius 3 is 2.62 bits per heavy atom. The molecule has 0 unspecified atom stereocenters. The van der Waals surface area contributed by atoms with E-state index in [2.05, 4.69) is 21.0 Å². The molecule has 0 spiro atoms. The van der Waals surface area contributed by atoms with Crippen LogP contribution in [-0.2, 0) is 7.05 Å². The van der Waals surface area contributed by atoms with E-state index in [0.717, 1.165) is 15.6 Å². The zero-order valence-electron chi connectivity index (χ0n) is 11.3. The molecule has 0 aliphatic carbocycles. The number of nitrogen functional groups attached to an aromatic ring is 1. The fraction of sp³-hybridized carbons (Fsp3) is 0.0625. The van der Waals surface area contributed by atoms with Crippen molar-refractivity contribution in [2.75, 3.05) is 5.73 Å². The van der Waals surface area contributed by atoms with Gasteiger partial charge in [-0.05, 0) is 18.2 Å². The summed E-state index contributed by atoms with van der Waals surface area (Å²) in [4.78, 5) is 0. The number of hydrogen-bond acceptors (Lipinski definition) is 2. The van der Waals surface area contributed by atoms with Gasteiger partial charge in [0.1, 0.15) is 17.3 Å². The summed E-state index contributed by atoms with van der Waals surface area (Å²) in [5, 5.41) is 4.44. The molecule has 1 aromatic heterocycles. The Hall–Kier alpha value is -2.14. The average molecular weight is 346 g/mol. The largest absolute Gasteiger partial charge is 0.383 e. The van der Waals surface area contributed by atoms with Gasteiger partial charge in [-0.3, -0.25) is 4.68 Å². The Bertz CT molecular complexity index is 811. The lowest BCUT2D eigenvalue weighted by molar-refractivity contribution is 0.628. The second kappa shape index (κ2) is 5.33. The van der Waals surface area contributed by atoms with Gasteiger partial charge in [0, 0.05) is 22.6 Å². The van der Waals surface area contributed by atoms with Crippen LogP contribution in [0.5, 0.6) is 0 Å². The number of nitrogens with zero attached hydrogens (tertiary/aromatic N) is 2. The van der Waals surface area contributed by atoms with Gasteiger partial charge in [-0.1, -0.05) is 46.3 Å². The summed E-state index contributed by atoms with van der Waals surface area (Å²) in [6.07, 6.45) is 0. The third-order valence-corrected chi connectivity index (χ3v) is 4.02. The van der Waals surface area contributed by atoms with Gasteiger partial charge >= 0.3 is 0 Å². The van der Waals surface area contributed by atoms with E-state index in [1.54, 1.807) is 17.8 Å². The topological polar surface area (TPSA) is 43.8 Å². The normalized spacial score (nSPS) is 10.8. The van der Waals surface area contributed by atoms with Crippen molar-refractivity contribution in [3.8, 4) is 22.4 Å². The minimum atomic E-state index is -0.296. The lowest BCUT2D eigenvalue weighted by Gasteiger charge is -2.07. The van der Waals surface area contributed by atoms with Crippen LogP contribution >= 0.6 is 15.9 Å². The highest BCUT2D eigenvalue weighted by atomic mass is 79.9. The van der Waals surface area contributed by atoms with E-state index < -0.39 is 0 Å². The van der Waals surface area contributed by atoms with Gasteiger partial charge in [-0.2, -0.15) is 5.10 Å². The zero-order valence-corrected chi connectivity index (χ0v) is 12.9. The SMILES string of the molecule is Cn1nc(-c2cccc(F)c2)c(-c2ccccc2Br)c1N. The lowest BCUT2D eigenvalue weighted by Crippen LogP contribution is -1.98. The molecular weight excluding hydrogens is 333 g/mol. The molecule has 106 valence electrons. The van der Waals surface area contributed by atoms with Crippen LogP contribution in [0.3, 0.4) is 0 Å². The van der Waals surface area contributed by atoms with Gasteiger partial charge in [0.2, 0.25) is 0 Å². The molecule has 2 N–H and O–H groups in total. The number of aryl methyl sites for hydroxylation is 1. The number of anilines is 1. The van der Waals surface area contributed by atoms with Crippen molar-refractivity contribution in [3.63, 3.8) is 0 Å². The predicted octanol–water partition coefficient (Wildman–Crippen LogP) is 4.24. The molecule has 0 fully saturated rings. The first kappa shape index (κ1) is 13.8.